The summed E-state index contributed by atoms with van der Waals surface area (Å²) in [5, 5.41) is 18.6. The van der Waals surface area contributed by atoms with E-state index < -0.39 is 29.7 Å². The Morgan fingerprint density at radius 2 is 1.58 bits per heavy atom. The first-order valence-electron chi connectivity index (χ1n) is 9.96. The van der Waals surface area contributed by atoms with E-state index in [0.717, 1.165) is 5.56 Å². The number of benzene rings is 2. The smallest absolute Gasteiger partial charge is 0.308 e. The van der Waals surface area contributed by atoms with E-state index in [1.165, 1.54) is 12.0 Å². The van der Waals surface area contributed by atoms with E-state index in [0.29, 0.717) is 11.5 Å². The monoisotopic (exact) mass is 427 g/mol. The predicted octanol–water partition coefficient (Wildman–Crippen LogP) is 2.88. The first-order valence-corrected chi connectivity index (χ1v) is 9.96. The summed E-state index contributed by atoms with van der Waals surface area (Å²) in [6.45, 7) is 0.820. The molecule has 2 N–H and O–H groups in total. The van der Waals surface area contributed by atoms with Gasteiger partial charge in [-0.05, 0) is 36.2 Å². The van der Waals surface area contributed by atoms with Crippen LogP contribution in [0.2, 0.25) is 0 Å². The summed E-state index contributed by atoms with van der Waals surface area (Å²) < 4.78 is 10.9. The third-order valence-corrected chi connectivity index (χ3v) is 5.45. The van der Waals surface area contributed by atoms with Gasteiger partial charge in [-0.25, -0.2) is 0 Å². The number of ether oxygens (including phenoxy) is 2. The van der Waals surface area contributed by atoms with Crippen molar-refractivity contribution >= 4 is 17.8 Å². The van der Waals surface area contributed by atoms with Crippen LogP contribution in [0, 0.1) is 17.8 Å². The van der Waals surface area contributed by atoms with Crippen molar-refractivity contribution < 1.29 is 34.1 Å². The Kier molecular flexibility index (Phi) is 7.25. The molecular weight excluding hydrogens is 402 g/mol. The number of amides is 1. The van der Waals surface area contributed by atoms with Gasteiger partial charge in [0, 0.05) is 20.2 Å². The molecule has 31 heavy (non-hydrogen) atoms. The zero-order valence-electron chi connectivity index (χ0n) is 17.1. The van der Waals surface area contributed by atoms with Crippen LogP contribution < -0.4 is 4.74 Å². The highest BCUT2D eigenvalue weighted by Gasteiger charge is 2.54. The SMILES string of the molecule is COCCN(Cc1ccc(Oc2ccccc2)cc1)C(=O)C1CC(C(=O)O)C1C(=O)O. The average molecular weight is 427 g/mol. The van der Waals surface area contributed by atoms with Gasteiger partial charge in [0.1, 0.15) is 11.5 Å². The lowest BCUT2D eigenvalue weighted by atomic mass is 9.64. The molecule has 1 saturated carbocycles. The number of carboxylic acid groups (broad SMARTS) is 2. The number of hydrogen-bond acceptors (Lipinski definition) is 5. The van der Waals surface area contributed by atoms with Gasteiger partial charge >= 0.3 is 11.9 Å². The molecule has 0 aliphatic heterocycles. The largest absolute Gasteiger partial charge is 0.481 e. The Labute approximate surface area is 180 Å². The van der Waals surface area contributed by atoms with Crippen LogP contribution in [0.3, 0.4) is 0 Å². The normalized spacial score (nSPS) is 19.8. The van der Waals surface area contributed by atoms with Gasteiger partial charge in [-0.2, -0.15) is 0 Å². The molecule has 0 heterocycles. The molecule has 1 aliphatic rings. The van der Waals surface area contributed by atoms with Gasteiger partial charge in [0.25, 0.3) is 0 Å². The van der Waals surface area contributed by atoms with Gasteiger partial charge in [0.15, 0.2) is 0 Å². The Morgan fingerprint density at radius 3 is 2.16 bits per heavy atom. The molecule has 0 radical (unpaired) electrons. The summed E-state index contributed by atoms with van der Waals surface area (Å²) in [5.41, 5.74) is 0.839. The minimum atomic E-state index is -1.26. The summed E-state index contributed by atoms with van der Waals surface area (Å²) in [6, 6.07) is 16.6. The molecule has 8 nitrogen and oxygen atoms in total. The third kappa shape index (κ3) is 5.40. The van der Waals surface area contributed by atoms with Crippen molar-refractivity contribution in [3.05, 3.63) is 60.2 Å². The highest BCUT2D eigenvalue weighted by molar-refractivity contribution is 5.91. The number of para-hydroxylation sites is 1. The van der Waals surface area contributed by atoms with Gasteiger partial charge in [-0.3, -0.25) is 14.4 Å². The van der Waals surface area contributed by atoms with Gasteiger partial charge < -0.3 is 24.6 Å². The fourth-order valence-electron chi connectivity index (χ4n) is 3.72. The predicted molar refractivity (Wildman–Crippen MR) is 111 cm³/mol. The first kappa shape index (κ1) is 22.3. The molecule has 0 saturated heterocycles. The van der Waals surface area contributed by atoms with Gasteiger partial charge in [-0.1, -0.05) is 30.3 Å². The van der Waals surface area contributed by atoms with Crippen molar-refractivity contribution in [3.63, 3.8) is 0 Å². The standard InChI is InChI=1S/C23H25NO7/c1-30-12-11-24(21(25)18-13-19(22(26)27)20(18)23(28)29)14-15-7-9-17(10-8-15)31-16-5-3-2-4-6-16/h2-10,18-20H,11-14H2,1H3,(H,26,27)(H,28,29). The Bertz CT molecular complexity index is 913. The van der Waals surface area contributed by atoms with Crippen molar-refractivity contribution in [3.8, 4) is 11.5 Å². The fourth-order valence-corrected chi connectivity index (χ4v) is 3.72. The molecule has 164 valence electrons. The van der Waals surface area contributed by atoms with Crippen LogP contribution in [0.1, 0.15) is 12.0 Å². The molecule has 0 spiro atoms. The maximum atomic E-state index is 13.0. The molecule has 3 unspecified atom stereocenters. The molecule has 8 heteroatoms. The second-order valence-corrected chi connectivity index (χ2v) is 7.46. The summed E-state index contributed by atoms with van der Waals surface area (Å²) in [6.07, 6.45) is 0.0263. The van der Waals surface area contributed by atoms with Crippen molar-refractivity contribution in [2.24, 2.45) is 17.8 Å². The molecule has 0 bridgehead atoms. The number of rotatable bonds is 10. The van der Waals surface area contributed by atoms with Crippen LogP contribution in [0.25, 0.3) is 0 Å². The Balaban J connectivity index is 1.69. The maximum Gasteiger partial charge on any atom is 0.308 e. The zero-order chi connectivity index (χ0) is 22.4. The van der Waals surface area contributed by atoms with Crippen molar-refractivity contribution in [1.82, 2.24) is 4.90 Å². The number of carbonyl (C=O) groups is 3. The van der Waals surface area contributed by atoms with Gasteiger partial charge in [0.2, 0.25) is 5.91 Å². The molecular formula is C23H25NO7. The average Bonchev–Trinajstić information content (AvgIpc) is 2.71. The molecule has 2 aromatic carbocycles. The van der Waals surface area contributed by atoms with Crippen molar-refractivity contribution in [1.29, 1.82) is 0 Å². The van der Waals surface area contributed by atoms with E-state index >= 15 is 0 Å². The molecule has 1 amide bonds. The molecule has 3 atom stereocenters. The van der Waals surface area contributed by atoms with Crippen molar-refractivity contribution in [2.45, 2.75) is 13.0 Å². The molecule has 1 fully saturated rings. The van der Waals surface area contributed by atoms with E-state index in [4.69, 9.17) is 9.47 Å². The number of carboxylic acids is 2. The summed E-state index contributed by atoms with van der Waals surface area (Å²) in [4.78, 5) is 37.3. The number of aliphatic carboxylic acids is 2. The fraction of sp³-hybridized carbons (Fsp3) is 0.348. The van der Waals surface area contributed by atoms with E-state index in [2.05, 4.69) is 0 Å². The van der Waals surface area contributed by atoms with E-state index in [-0.39, 0.29) is 32.0 Å². The van der Waals surface area contributed by atoms with Gasteiger partial charge in [-0.15, -0.1) is 0 Å². The topological polar surface area (TPSA) is 113 Å². The second-order valence-electron chi connectivity index (χ2n) is 7.46. The highest BCUT2D eigenvalue weighted by Crippen LogP contribution is 2.42. The van der Waals surface area contributed by atoms with Crippen LogP contribution in [-0.4, -0.2) is 53.2 Å². The van der Waals surface area contributed by atoms with Crippen molar-refractivity contribution in [2.75, 3.05) is 20.3 Å². The Hall–Kier alpha value is -3.39. The maximum absolute atomic E-state index is 13.0. The van der Waals surface area contributed by atoms with Crippen LogP contribution in [0.4, 0.5) is 0 Å². The minimum absolute atomic E-state index is 0.0263. The van der Waals surface area contributed by atoms with Crippen LogP contribution in [0.5, 0.6) is 11.5 Å². The van der Waals surface area contributed by atoms with E-state index in [1.54, 1.807) is 12.1 Å². The van der Waals surface area contributed by atoms with Crippen LogP contribution in [-0.2, 0) is 25.7 Å². The zero-order valence-corrected chi connectivity index (χ0v) is 17.1. The molecule has 0 aromatic heterocycles. The number of carbonyl (C=O) groups excluding carboxylic acids is 1. The highest BCUT2D eigenvalue weighted by atomic mass is 16.5. The lowest BCUT2D eigenvalue weighted by Gasteiger charge is -2.40. The number of methoxy groups -OCH3 is 1. The van der Waals surface area contributed by atoms with E-state index in [1.807, 2.05) is 42.5 Å². The lowest BCUT2D eigenvalue weighted by molar-refractivity contribution is -0.172. The summed E-state index contributed by atoms with van der Waals surface area (Å²) in [7, 11) is 1.52. The van der Waals surface area contributed by atoms with Crippen LogP contribution in [0.15, 0.2) is 54.6 Å². The Morgan fingerprint density at radius 1 is 0.935 bits per heavy atom. The molecule has 3 rings (SSSR count). The number of nitrogens with zero attached hydrogens (tertiary/aromatic N) is 1. The first-order chi connectivity index (χ1) is 14.9. The summed E-state index contributed by atoms with van der Waals surface area (Å²) >= 11 is 0. The lowest BCUT2D eigenvalue weighted by Crippen LogP contribution is -2.53. The van der Waals surface area contributed by atoms with Gasteiger partial charge in [0.05, 0.1) is 24.4 Å². The molecule has 2 aromatic rings. The number of hydrogen-bond donors (Lipinski definition) is 2. The van der Waals surface area contributed by atoms with E-state index in [9.17, 15) is 24.6 Å². The van der Waals surface area contributed by atoms with Crippen LogP contribution >= 0.6 is 0 Å². The second kappa shape index (κ2) is 10.1. The molecule has 1 aliphatic carbocycles. The minimum Gasteiger partial charge on any atom is -0.481 e. The quantitative estimate of drug-likeness (QED) is 0.599. The summed E-state index contributed by atoms with van der Waals surface area (Å²) in [5.74, 6) is -4.55. The third-order valence-electron chi connectivity index (χ3n) is 5.45.